The lowest BCUT2D eigenvalue weighted by atomic mass is 10.1. The summed E-state index contributed by atoms with van der Waals surface area (Å²) in [6.07, 6.45) is 7.21. The van der Waals surface area contributed by atoms with Crippen molar-refractivity contribution in [3.8, 4) is 5.88 Å². The van der Waals surface area contributed by atoms with Gasteiger partial charge in [-0.1, -0.05) is 0 Å². The van der Waals surface area contributed by atoms with Gasteiger partial charge >= 0.3 is 0 Å². The zero-order valence-electron chi connectivity index (χ0n) is 16.4. The molecule has 0 aromatic carbocycles. The molecular weight excluding hydrogens is 389 g/mol. The van der Waals surface area contributed by atoms with Crippen LogP contribution in [0.5, 0.6) is 5.88 Å². The highest BCUT2D eigenvalue weighted by molar-refractivity contribution is 6.00. The van der Waals surface area contributed by atoms with E-state index < -0.39 is 11.4 Å². The lowest BCUT2D eigenvalue weighted by Crippen LogP contribution is -2.47. The fourth-order valence-electron chi connectivity index (χ4n) is 4.53. The molecule has 1 N–H and O–H groups in total. The second-order valence-corrected chi connectivity index (χ2v) is 8.25. The number of ether oxygens (including phenoxy) is 1. The maximum atomic E-state index is 14.2. The van der Waals surface area contributed by atoms with E-state index in [0.29, 0.717) is 35.1 Å². The quantitative estimate of drug-likeness (QED) is 0.607. The van der Waals surface area contributed by atoms with Gasteiger partial charge in [0.2, 0.25) is 11.8 Å². The Balaban J connectivity index is 1.56. The molecule has 0 radical (unpaired) electrons. The van der Waals surface area contributed by atoms with Crippen molar-refractivity contribution in [2.45, 2.75) is 50.3 Å². The second-order valence-electron chi connectivity index (χ2n) is 8.25. The van der Waals surface area contributed by atoms with Crippen LogP contribution in [0.15, 0.2) is 24.8 Å². The number of anilines is 1. The van der Waals surface area contributed by atoms with E-state index >= 15 is 0 Å². The van der Waals surface area contributed by atoms with E-state index in [2.05, 4.69) is 25.4 Å². The first kappa shape index (κ1) is 17.5. The SMILES string of the molecule is C[C@@H]1Oc2ncc(F)cc2[C@H]2CCCN2c2ncn3ncc(c3n2)C(=O)NC12CC2. The molecule has 2 bridgehead atoms. The minimum Gasteiger partial charge on any atom is -0.472 e. The van der Waals surface area contributed by atoms with Crippen LogP contribution in [0, 0.1) is 5.82 Å². The first-order valence-corrected chi connectivity index (χ1v) is 10.2. The number of pyridine rings is 1. The van der Waals surface area contributed by atoms with Crippen molar-refractivity contribution in [3.63, 3.8) is 0 Å². The van der Waals surface area contributed by atoms with E-state index in [9.17, 15) is 9.18 Å². The summed E-state index contributed by atoms with van der Waals surface area (Å²) in [7, 11) is 0. The molecular formula is C20H20FN7O2. The van der Waals surface area contributed by atoms with Crippen molar-refractivity contribution in [1.82, 2.24) is 29.9 Å². The number of aromatic nitrogens is 5. The van der Waals surface area contributed by atoms with Gasteiger partial charge in [0, 0.05) is 12.1 Å². The molecule has 1 saturated carbocycles. The molecule has 3 aromatic rings. The van der Waals surface area contributed by atoms with Crippen LogP contribution < -0.4 is 15.0 Å². The Hall–Kier alpha value is -3.30. The van der Waals surface area contributed by atoms with Gasteiger partial charge in [-0.25, -0.2) is 18.9 Å². The number of carbonyl (C=O) groups excluding carboxylic acids is 1. The van der Waals surface area contributed by atoms with E-state index in [1.807, 2.05) is 11.8 Å². The zero-order chi connectivity index (χ0) is 20.5. The third-order valence-electron chi connectivity index (χ3n) is 6.43. The monoisotopic (exact) mass is 409 g/mol. The number of nitrogens with zero attached hydrogens (tertiary/aromatic N) is 6. The summed E-state index contributed by atoms with van der Waals surface area (Å²) in [6.45, 7) is 2.63. The summed E-state index contributed by atoms with van der Waals surface area (Å²) in [5.74, 6) is 0.213. The van der Waals surface area contributed by atoms with E-state index in [4.69, 9.17) is 4.74 Å². The Morgan fingerprint density at radius 1 is 1.30 bits per heavy atom. The predicted octanol–water partition coefficient (Wildman–Crippen LogP) is 2.04. The van der Waals surface area contributed by atoms with Crippen molar-refractivity contribution >= 4 is 17.5 Å². The predicted molar refractivity (Wildman–Crippen MR) is 104 cm³/mol. The first-order valence-electron chi connectivity index (χ1n) is 10.2. The fraction of sp³-hybridized carbons (Fsp3) is 0.450. The highest BCUT2D eigenvalue weighted by Crippen LogP contribution is 2.43. The van der Waals surface area contributed by atoms with E-state index in [1.54, 1.807) is 6.33 Å². The Kier molecular flexibility index (Phi) is 3.57. The number of hydrogen-bond acceptors (Lipinski definition) is 7. The molecule has 2 atom stereocenters. The van der Waals surface area contributed by atoms with Gasteiger partial charge in [-0.15, -0.1) is 0 Å². The largest absolute Gasteiger partial charge is 0.472 e. The maximum absolute atomic E-state index is 14.2. The highest BCUT2D eigenvalue weighted by Gasteiger charge is 2.51. The smallest absolute Gasteiger partial charge is 0.257 e. The van der Waals surface area contributed by atoms with Crippen molar-refractivity contribution in [2.24, 2.45) is 0 Å². The lowest BCUT2D eigenvalue weighted by molar-refractivity contribution is 0.0858. The summed E-state index contributed by atoms with van der Waals surface area (Å²) in [5.41, 5.74) is 1.04. The summed E-state index contributed by atoms with van der Waals surface area (Å²) >= 11 is 0. The number of hydrogen-bond donors (Lipinski definition) is 1. The molecule has 2 aliphatic heterocycles. The average molecular weight is 409 g/mol. The van der Waals surface area contributed by atoms with Crippen LogP contribution in [-0.4, -0.2) is 48.7 Å². The number of fused-ring (bicyclic) bond motifs is 5. The molecule has 2 fully saturated rings. The number of nitrogens with one attached hydrogen (secondary N) is 1. The molecule has 1 amide bonds. The Bertz CT molecular complexity index is 1180. The summed E-state index contributed by atoms with van der Waals surface area (Å²) in [5, 5.41) is 7.33. The number of halogens is 1. The van der Waals surface area contributed by atoms with E-state index in [-0.39, 0.29) is 18.1 Å². The van der Waals surface area contributed by atoms with Gasteiger partial charge in [-0.2, -0.15) is 10.1 Å². The molecule has 1 aliphatic carbocycles. The lowest BCUT2D eigenvalue weighted by Gasteiger charge is -2.28. The van der Waals surface area contributed by atoms with Crippen LogP contribution in [-0.2, 0) is 0 Å². The van der Waals surface area contributed by atoms with Gasteiger partial charge < -0.3 is 15.0 Å². The van der Waals surface area contributed by atoms with Crippen LogP contribution in [0.2, 0.25) is 0 Å². The molecule has 6 rings (SSSR count). The van der Waals surface area contributed by atoms with E-state index in [1.165, 1.54) is 23.0 Å². The third-order valence-corrected chi connectivity index (χ3v) is 6.43. The molecule has 3 aromatic heterocycles. The number of rotatable bonds is 0. The van der Waals surface area contributed by atoms with E-state index in [0.717, 1.165) is 25.7 Å². The van der Waals surface area contributed by atoms with Crippen LogP contribution in [0.3, 0.4) is 0 Å². The van der Waals surface area contributed by atoms with Gasteiger partial charge in [0.1, 0.15) is 23.8 Å². The van der Waals surface area contributed by atoms with Crippen LogP contribution in [0.4, 0.5) is 10.3 Å². The summed E-state index contributed by atoms with van der Waals surface area (Å²) in [6, 6.07) is 1.32. The molecule has 3 aliphatic rings. The summed E-state index contributed by atoms with van der Waals surface area (Å²) < 4.78 is 21.9. The van der Waals surface area contributed by atoms with Crippen molar-refractivity contribution < 1.29 is 13.9 Å². The van der Waals surface area contributed by atoms with Crippen LogP contribution in [0.1, 0.15) is 54.6 Å². The minimum atomic E-state index is -0.488. The summed E-state index contributed by atoms with van der Waals surface area (Å²) in [4.78, 5) is 28.4. The normalized spacial score (nSPS) is 24.5. The standard InChI is InChI=1S/C20H20FN7O2/c1-11-20(4-5-20)26-17(29)14-9-24-28-10-23-19(25-16(14)28)27-6-2-3-15(27)13-7-12(21)8-22-18(13)30-11/h7-11,15H,2-6H2,1H3,(H,26,29)/t11-,15+/m0/s1. The van der Waals surface area contributed by atoms with Crippen LogP contribution >= 0.6 is 0 Å². The Labute approximate surface area is 171 Å². The third kappa shape index (κ3) is 2.55. The first-order chi connectivity index (χ1) is 14.5. The van der Waals surface area contributed by atoms with Crippen LogP contribution in [0.25, 0.3) is 5.65 Å². The maximum Gasteiger partial charge on any atom is 0.257 e. The van der Waals surface area contributed by atoms with Crippen molar-refractivity contribution in [3.05, 3.63) is 41.7 Å². The minimum absolute atomic E-state index is 0.163. The number of carbonyl (C=O) groups is 1. The van der Waals surface area contributed by atoms with Gasteiger partial charge in [-0.05, 0) is 38.7 Å². The van der Waals surface area contributed by atoms with Gasteiger partial charge in [0.05, 0.1) is 24.0 Å². The average Bonchev–Trinajstić information content (AvgIpc) is 3.17. The molecule has 1 saturated heterocycles. The molecule has 1 spiro atoms. The van der Waals surface area contributed by atoms with Gasteiger partial charge in [0.25, 0.3) is 5.91 Å². The van der Waals surface area contributed by atoms with Crippen molar-refractivity contribution in [2.75, 3.05) is 11.4 Å². The molecule has 9 nitrogen and oxygen atoms in total. The van der Waals surface area contributed by atoms with Gasteiger partial charge in [0.15, 0.2) is 5.65 Å². The fourth-order valence-corrected chi connectivity index (χ4v) is 4.53. The Morgan fingerprint density at radius 2 is 2.17 bits per heavy atom. The van der Waals surface area contributed by atoms with Gasteiger partial charge in [-0.3, -0.25) is 4.79 Å². The topological polar surface area (TPSA) is 97.5 Å². The molecule has 30 heavy (non-hydrogen) atoms. The van der Waals surface area contributed by atoms with Crippen molar-refractivity contribution in [1.29, 1.82) is 0 Å². The highest BCUT2D eigenvalue weighted by atomic mass is 19.1. The molecule has 5 heterocycles. The molecule has 10 heteroatoms. The second kappa shape index (κ2) is 6.10. The number of amides is 1. The Morgan fingerprint density at radius 3 is 3.00 bits per heavy atom. The molecule has 0 unspecified atom stereocenters. The zero-order valence-corrected chi connectivity index (χ0v) is 16.4. The molecule has 154 valence electrons.